The van der Waals surface area contributed by atoms with Crippen molar-refractivity contribution in [2.75, 3.05) is 32.7 Å². The van der Waals surface area contributed by atoms with Gasteiger partial charge in [-0.15, -0.1) is 0 Å². The highest BCUT2D eigenvalue weighted by atomic mass is 127. The molecular weight excluding hydrogens is 439 g/mol. The average molecular weight is 462 g/mol. The Kier molecular flexibility index (Phi) is 6.43. The standard InChI is InChI=1S/C21H23IN2O2/c1-16-2-4-17(5-3-16)20(25)10-11-23-12-14-24(15-13-23)21(26)18-6-8-19(22)9-7-18/h2-9H,10-15H2,1H3. The highest BCUT2D eigenvalue weighted by Crippen LogP contribution is 2.12. The second-order valence-electron chi connectivity index (χ2n) is 6.68. The predicted molar refractivity (Wildman–Crippen MR) is 112 cm³/mol. The maximum atomic E-state index is 12.5. The summed E-state index contributed by atoms with van der Waals surface area (Å²) in [7, 11) is 0. The Morgan fingerprint density at radius 2 is 1.46 bits per heavy atom. The van der Waals surface area contributed by atoms with Gasteiger partial charge in [0.15, 0.2) is 5.78 Å². The molecule has 0 N–H and O–H groups in total. The molecule has 2 aromatic carbocycles. The van der Waals surface area contributed by atoms with E-state index in [-0.39, 0.29) is 11.7 Å². The molecule has 1 heterocycles. The molecule has 136 valence electrons. The largest absolute Gasteiger partial charge is 0.336 e. The Balaban J connectivity index is 1.46. The third kappa shape index (κ3) is 4.92. The van der Waals surface area contributed by atoms with E-state index in [1.807, 2.05) is 60.4 Å². The van der Waals surface area contributed by atoms with Gasteiger partial charge in [0.2, 0.25) is 0 Å². The molecule has 5 heteroatoms. The van der Waals surface area contributed by atoms with Crippen molar-refractivity contribution in [1.82, 2.24) is 9.80 Å². The third-order valence-corrected chi connectivity index (χ3v) is 5.50. The van der Waals surface area contributed by atoms with Crippen LogP contribution in [0.4, 0.5) is 0 Å². The van der Waals surface area contributed by atoms with Crippen LogP contribution in [0.2, 0.25) is 0 Å². The summed E-state index contributed by atoms with van der Waals surface area (Å²) in [4.78, 5) is 29.0. The Morgan fingerprint density at radius 1 is 0.885 bits per heavy atom. The molecular formula is C21H23IN2O2. The number of rotatable bonds is 5. The molecule has 0 bridgehead atoms. The smallest absolute Gasteiger partial charge is 0.253 e. The maximum absolute atomic E-state index is 12.5. The summed E-state index contributed by atoms with van der Waals surface area (Å²) in [5.41, 5.74) is 2.69. The topological polar surface area (TPSA) is 40.6 Å². The first kappa shape index (κ1) is 19.0. The molecule has 0 spiro atoms. The van der Waals surface area contributed by atoms with Crippen LogP contribution in [-0.2, 0) is 0 Å². The van der Waals surface area contributed by atoms with Gasteiger partial charge in [-0.25, -0.2) is 0 Å². The van der Waals surface area contributed by atoms with E-state index in [0.717, 1.165) is 39.9 Å². The van der Waals surface area contributed by atoms with Crippen LogP contribution in [0.15, 0.2) is 48.5 Å². The van der Waals surface area contributed by atoms with E-state index in [2.05, 4.69) is 27.5 Å². The molecule has 0 unspecified atom stereocenters. The minimum absolute atomic E-state index is 0.0942. The van der Waals surface area contributed by atoms with Gasteiger partial charge in [-0.3, -0.25) is 14.5 Å². The molecule has 1 aliphatic rings. The van der Waals surface area contributed by atoms with Gasteiger partial charge in [0.1, 0.15) is 0 Å². The monoisotopic (exact) mass is 462 g/mol. The zero-order chi connectivity index (χ0) is 18.5. The number of ketones is 1. The lowest BCUT2D eigenvalue weighted by Gasteiger charge is -2.34. The van der Waals surface area contributed by atoms with E-state index in [1.54, 1.807) is 0 Å². The molecule has 1 aliphatic heterocycles. The lowest BCUT2D eigenvalue weighted by atomic mass is 10.1. The average Bonchev–Trinajstić information content (AvgIpc) is 2.67. The summed E-state index contributed by atoms with van der Waals surface area (Å²) < 4.78 is 1.13. The Hall–Kier alpha value is -1.73. The van der Waals surface area contributed by atoms with Crippen molar-refractivity contribution in [2.24, 2.45) is 0 Å². The second kappa shape index (κ2) is 8.77. The lowest BCUT2D eigenvalue weighted by molar-refractivity contribution is 0.0628. The van der Waals surface area contributed by atoms with Gasteiger partial charge in [0.25, 0.3) is 5.91 Å². The Morgan fingerprint density at radius 3 is 2.08 bits per heavy atom. The molecule has 2 aromatic rings. The Bertz CT molecular complexity index is 764. The number of nitrogens with zero attached hydrogens (tertiary/aromatic N) is 2. The predicted octanol–water partition coefficient (Wildman–Crippen LogP) is 3.63. The number of carbonyl (C=O) groups is 2. The fourth-order valence-corrected chi connectivity index (χ4v) is 3.45. The number of carbonyl (C=O) groups excluding carboxylic acids is 2. The van der Waals surface area contributed by atoms with Crippen molar-refractivity contribution in [2.45, 2.75) is 13.3 Å². The van der Waals surface area contributed by atoms with Gasteiger partial charge in [-0.2, -0.15) is 0 Å². The zero-order valence-corrected chi connectivity index (χ0v) is 17.1. The molecule has 4 nitrogen and oxygen atoms in total. The summed E-state index contributed by atoms with van der Waals surface area (Å²) in [6.07, 6.45) is 0.522. The van der Waals surface area contributed by atoms with Crippen molar-refractivity contribution in [1.29, 1.82) is 0 Å². The molecule has 0 aliphatic carbocycles. The van der Waals surface area contributed by atoms with E-state index in [0.29, 0.717) is 19.5 Å². The number of hydrogen-bond donors (Lipinski definition) is 0. The van der Waals surface area contributed by atoms with Crippen molar-refractivity contribution >= 4 is 34.3 Å². The molecule has 1 fully saturated rings. The summed E-state index contributed by atoms with van der Waals surface area (Å²) in [6.45, 7) is 5.82. The van der Waals surface area contributed by atoms with Crippen molar-refractivity contribution in [3.8, 4) is 0 Å². The maximum Gasteiger partial charge on any atom is 0.253 e. The van der Waals surface area contributed by atoms with Crippen LogP contribution in [0.25, 0.3) is 0 Å². The first-order valence-electron chi connectivity index (χ1n) is 8.90. The molecule has 1 saturated heterocycles. The van der Waals surface area contributed by atoms with Crippen LogP contribution in [-0.4, -0.2) is 54.2 Å². The van der Waals surface area contributed by atoms with Crippen LogP contribution in [0.5, 0.6) is 0 Å². The van der Waals surface area contributed by atoms with Crippen molar-refractivity contribution in [3.63, 3.8) is 0 Å². The van der Waals surface area contributed by atoms with Gasteiger partial charge in [0, 0.05) is 53.8 Å². The first-order chi connectivity index (χ1) is 12.5. The highest BCUT2D eigenvalue weighted by molar-refractivity contribution is 14.1. The molecule has 3 rings (SSSR count). The number of amides is 1. The van der Waals surface area contributed by atoms with Crippen LogP contribution in [0.1, 0.15) is 32.7 Å². The number of hydrogen-bond acceptors (Lipinski definition) is 3. The summed E-state index contributed by atoms with van der Waals surface area (Å²) in [5.74, 6) is 0.277. The highest BCUT2D eigenvalue weighted by Gasteiger charge is 2.22. The molecule has 0 saturated carbocycles. The summed E-state index contributed by atoms with van der Waals surface area (Å²) in [6, 6.07) is 15.4. The minimum atomic E-state index is 0.0942. The van der Waals surface area contributed by atoms with Crippen molar-refractivity contribution < 1.29 is 9.59 Å². The number of Topliss-reactive ketones (excluding diaryl/α,β-unsaturated/α-hetero) is 1. The quantitative estimate of drug-likeness (QED) is 0.504. The SMILES string of the molecule is Cc1ccc(C(=O)CCN2CCN(C(=O)c3ccc(I)cc3)CC2)cc1. The fraction of sp³-hybridized carbons (Fsp3) is 0.333. The van der Waals surface area contributed by atoms with Crippen LogP contribution in [0.3, 0.4) is 0 Å². The fourth-order valence-electron chi connectivity index (χ4n) is 3.09. The van der Waals surface area contributed by atoms with E-state index in [1.165, 1.54) is 0 Å². The molecule has 1 amide bonds. The van der Waals surface area contributed by atoms with Crippen LogP contribution < -0.4 is 0 Å². The molecule has 0 radical (unpaired) electrons. The second-order valence-corrected chi connectivity index (χ2v) is 7.93. The van der Waals surface area contributed by atoms with Gasteiger partial charge >= 0.3 is 0 Å². The first-order valence-corrected chi connectivity index (χ1v) is 9.98. The summed E-state index contributed by atoms with van der Waals surface area (Å²) >= 11 is 2.24. The van der Waals surface area contributed by atoms with Gasteiger partial charge in [0.05, 0.1) is 0 Å². The lowest BCUT2D eigenvalue weighted by Crippen LogP contribution is -2.49. The number of aryl methyl sites for hydroxylation is 1. The third-order valence-electron chi connectivity index (χ3n) is 4.78. The van der Waals surface area contributed by atoms with Crippen molar-refractivity contribution in [3.05, 3.63) is 68.8 Å². The number of piperazine rings is 1. The van der Waals surface area contributed by atoms with Gasteiger partial charge in [-0.05, 0) is 53.8 Å². The number of benzene rings is 2. The van der Waals surface area contributed by atoms with Crippen LogP contribution >= 0.6 is 22.6 Å². The zero-order valence-electron chi connectivity index (χ0n) is 15.0. The molecule has 0 atom stereocenters. The Labute approximate surface area is 168 Å². The van der Waals surface area contributed by atoms with Gasteiger partial charge in [-0.1, -0.05) is 29.8 Å². The van der Waals surface area contributed by atoms with E-state index < -0.39 is 0 Å². The van der Waals surface area contributed by atoms with E-state index in [9.17, 15) is 9.59 Å². The van der Waals surface area contributed by atoms with Gasteiger partial charge < -0.3 is 4.90 Å². The van der Waals surface area contributed by atoms with E-state index in [4.69, 9.17) is 0 Å². The van der Waals surface area contributed by atoms with E-state index >= 15 is 0 Å². The number of halogens is 1. The van der Waals surface area contributed by atoms with Crippen LogP contribution in [0, 0.1) is 10.5 Å². The molecule has 26 heavy (non-hydrogen) atoms. The molecule has 0 aromatic heterocycles. The minimum Gasteiger partial charge on any atom is -0.336 e. The normalized spacial score (nSPS) is 15.1. The summed E-state index contributed by atoms with van der Waals surface area (Å²) in [5, 5.41) is 0.